The summed E-state index contributed by atoms with van der Waals surface area (Å²) in [7, 11) is 1.56. The molecule has 2 aromatic carbocycles. The molecule has 0 atom stereocenters. The molecule has 25 heavy (non-hydrogen) atoms. The van der Waals surface area contributed by atoms with Gasteiger partial charge in [-0.2, -0.15) is 0 Å². The van der Waals surface area contributed by atoms with E-state index >= 15 is 0 Å². The van der Waals surface area contributed by atoms with Gasteiger partial charge in [-0.1, -0.05) is 12.1 Å². The zero-order valence-electron chi connectivity index (χ0n) is 13.4. The first kappa shape index (κ1) is 15.1. The van der Waals surface area contributed by atoms with Crippen LogP contribution in [0.1, 0.15) is 0 Å². The van der Waals surface area contributed by atoms with E-state index in [1.165, 1.54) is 16.7 Å². The summed E-state index contributed by atoms with van der Waals surface area (Å²) in [4.78, 5) is 17.3. The molecular formula is C19H14FN3O2. The van der Waals surface area contributed by atoms with Crippen LogP contribution in [0.5, 0.6) is 5.75 Å². The normalized spacial score (nSPS) is 11.0. The van der Waals surface area contributed by atoms with Crippen molar-refractivity contribution in [3.05, 3.63) is 83.3 Å². The Morgan fingerprint density at radius 3 is 2.56 bits per heavy atom. The van der Waals surface area contributed by atoms with Crippen molar-refractivity contribution in [3.63, 3.8) is 0 Å². The average Bonchev–Trinajstić information content (AvgIpc) is 3.08. The summed E-state index contributed by atoms with van der Waals surface area (Å²) in [6, 6.07) is 13.3. The Balaban J connectivity index is 1.89. The minimum absolute atomic E-state index is 0.264. The maximum absolute atomic E-state index is 13.1. The molecule has 0 N–H and O–H groups in total. The third-order valence-electron chi connectivity index (χ3n) is 4.00. The lowest BCUT2D eigenvalue weighted by atomic mass is 10.2. The van der Waals surface area contributed by atoms with E-state index in [9.17, 15) is 9.18 Å². The molecule has 2 aromatic heterocycles. The monoisotopic (exact) mass is 335 g/mol. The van der Waals surface area contributed by atoms with Gasteiger partial charge in [-0.25, -0.2) is 9.37 Å². The third kappa shape index (κ3) is 2.57. The molecule has 6 heteroatoms. The molecule has 0 spiro atoms. The number of hydrogen-bond donors (Lipinski definition) is 0. The highest BCUT2D eigenvalue weighted by molar-refractivity contribution is 5.62. The quantitative estimate of drug-likeness (QED) is 0.577. The van der Waals surface area contributed by atoms with Gasteiger partial charge < -0.3 is 9.14 Å². The molecule has 0 aliphatic carbocycles. The maximum Gasteiger partial charge on any atom is 0.298 e. The molecule has 0 saturated carbocycles. The minimum Gasteiger partial charge on any atom is -0.495 e. The Morgan fingerprint density at radius 2 is 1.80 bits per heavy atom. The van der Waals surface area contributed by atoms with E-state index < -0.39 is 0 Å². The van der Waals surface area contributed by atoms with Crippen molar-refractivity contribution in [1.82, 2.24) is 14.0 Å². The maximum atomic E-state index is 13.1. The minimum atomic E-state index is -0.314. The summed E-state index contributed by atoms with van der Waals surface area (Å²) in [6.45, 7) is 0. The standard InChI is InChI=1S/C19H14FN3O2/c1-25-17-5-3-2-4-16(17)23-11-10-22-12-15(21-18(22)19(23)24)13-6-8-14(20)9-7-13/h2-12H,1H3. The highest BCUT2D eigenvalue weighted by Gasteiger charge is 2.12. The van der Waals surface area contributed by atoms with Crippen LogP contribution in [0.25, 0.3) is 22.6 Å². The van der Waals surface area contributed by atoms with Gasteiger partial charge in [0.15, 0.2) is 0 Å². The molecule has 0 fully saturated rings. The molecule has 0 aliphatic rings. The van der Waals surface area contributed by atoms with Gasteiger partial charge in [-0.15, -0.1) is 0 Å². The van der Waals surface area contributed by atoms with Crippen molar-refractivity contribution in [3.8, 4) is 22.7 Å². The van der Waals surface area contributed by atoms with Crippen molar-refractivity contribution in [2.45, 2.75) is 0 Å². The van der Waals surface area contributed by atoms with Crippen LogP contribution < -0.4 is 10.3 Å². The summed E-state index contributed by atoms with van der Waals surface area (Å²) in [5.41, 5.74) is 2.01. The van der Waals surface area contributed by atoms with E-state index in [1.807, 2.05) is 12.1 Å². The second-order valence-corrected chi connectivity index (χ2v) is 5.51. The van der Waals surface area contributed by atoms with Crippen molar-refractivity contribution < 1.29 is 9.13 Å². The number of methoxy groups -OCH3 is 1. The van der Waals surface area contributed by atoms with E-state index in [0.29, 0.717) is 17.1 Å². The lowest BCUT2D eigenvalue weighted by Crippen LogP contribution is -2.20. The Morgan fingerprint density at radius 1 is 1.04 bits per heavy atom. The van der Waals surface area contributed by atoms with Gasteiger partial charge in [-0.3, -0.25) is 9.36 Å². The largest absolute Gasteiger partial charge is 0.495 e. The van der Waals surface area contributed by atoms with Crippen molar-refractivity contribution in [2.75, 3.05) is 7.11 Å². The van der Waals surface area contributed by atoms with Crippen LogP contribution in [-0.4, -0.2) is 21.1 Å². The number of benzene rings is 2. The van der Waals surface area contributed by atoms with Gasteiger partial charge in [-0.05, 0) is 36.4 Å². The van der Waals surface area contributed by atoms with Crippen LogP contribution in [0, 0.1) is 5.82 Å². The molecule has 0 radical (unpaired) electrons. The molecule has 0 bridgehead atoms. The van der Waals surface area contributed by atoms with E-state index in [0.717, 1.165) is 5.56 Å². The Hall–Kier alpha value is -3.41. The van der Waals surface area contributed by atoms with Crippen molar-refractivity contribution in [2.24, 2.45) is 0 Å². The van der Waals surface area contributed by atoms with Gasteiger partial charge in [0.2, 0.25) is 5.65 Å². The smallest absolute Gasteiger partial charge is 0.298 e. The third-order valence-corrected chi connectivity index (χ3v) is 4.00. The predicted octanol–water partition coefficient (Wildman–Crippen LogP) is 3.30. The second kappa shape index (κ2) is 5.90. The number of rotatable bonds is 3. The van der Waals surface area contributed by atoms with E-state index in [4.69, 9.17) is 4.74 Å². The summed E-state index contributed by atoms with van der Waals surface area (Å²) >= 11 is 0. The number of fused-ring (bicyclic) bond motifs is 1. The molecule has 0 saturated heterocycles. The average molecular weight is 335 g/mol. The van der Waals surface area contributed by atoms with Gasteiger partial charge in [0.25, 0.3) is 5.56 Å². The van der Waals surface area contributed by atoms with Crippen LogP contribution in [0.15, 0.2) is 71.9 Å². The zero-order chi connectivity index (χ0) is 17.4. The van der Waals surface area contributed by atoms with Crippen LogP contribution in [-0.2, 0) is 0 Å². The summed E-state index contributed by atoms with van der Waals surface area (Å²) in [5, 5.41) is 0. The number of hydrogen-bond acceptors (Lipinski definition) is 3. The summed E-state index contributed by atoms with van der Waals surface area (Å²) in [5.74, 6) is 0.283. The molecule has 124 valence electrons. The second-order valence-electron chi connectivity index (χ2n) is 5.51. The highest BCUT2D eigenvalue weighted by Crippen LogP contribution is 2.22. The number of para-hydroxylation sites is 2. The van der Waals surface area contributed by atoms with Gasteiger partial charge in [0.1, 0.15) is 11.6 Å². The topological polar surface area (TPSA) is 48.5 Å². The molecule has 0 unspecified atom stereocenters. The highest BCUT2D eigenvalue weighted by atomic mass is 19.1. The fourth-order valence-electron chi connectivity index (χ4n) is 2.76. The summed E-state index contributed by atoms with van der Waals surface area (Å²) < 4.78 is 21.6. The number of imidazole rings is 1. The van der Waals surface area contributed by atoms with Crippen LogP contribution in [0.2, 0.25) is 0 Å². The lowest BCUT2D eigenvalue weighted by molar-refractivity contribution is 0.412. The van der Waals surface area contributed by atoms with Crippen LogP contribution in [0.3, 0.4) is 0 Å². The fraction of sp³-hybridized carbons (Fsp3) is 0.0526. The van der Waals surface area contributed by atoms with Gasteiger partial charge in [0, 0.05) is 24.2 Å². The van der Waals surface area contributed by atoms with Gasteiger partial charge >= 0.3 is 0 Å². The SMILES string of the molecule is COc1ccccc1-n1ccn2cc(-c3ccc(F)cc3)nc2c1=O. The predicted molar refractivity (Wildman–Crippen MR) is 92.7 cm³/mol. The Kier molecular flexibility index (Phi) is 3.57. The molecule has 0 aliphatic heterocycles. The van der Waals surface area contributed by atoms with E-state index in [-0.39, 0.29) is 17.0 Å². The Bertz CT molecular complexity index is 1110. The number of halogens is 1. The van der Waals surface area contributed by atoms with E-state index in [1.54, 1.807) is 54.4 Å². The van der Waals surface area contributed by atoms with Crippen LogP contribution in [0.4, 0.5) is 4.39 Å². The summed E-state index contributed by atoms with van der Waals surface area (Å²) in [6.07, 6.45) is 5.17. The first-order valence-electron chi connectivity index (χ1n) is 7.67. The first-order chi connectivity index (χ1) is 12.2. The van der Waals surface area contributed by atoms with Crippen LogP contribution >= 0.6 is 0 Å². The van der Waals surface area contributed by atoms with Crippen molar-refractivity contribution in [1.29, 1.82) is 0 Å². The van der Waals surface area contributed by atoms with Gasteiger partial charge in [0.05, 0.1) is 18.5 Å². The molecule has 2 heterocycles. The molecule has 4 aromatic rings. The number of aromatic nitrogens is 3. The first-order valence-corrected chi connectivity index (χ1v) is 7.67. The van der Waals surface area contributed by atoms with E-state index in [2.05, 4.69) is 4.98 Å². The molecule has 0 amide bonds. The number of ether oxygens (including phenoxy) is 1. The Labute approximate surface area is 142 Å². The molecular weight excluding hydrogens is 321 g/mol. The molecule has 5 nitrogen and oxygen atoms in total. The fourth-order valence-corrected chi connectivity index (χ4v) is 2.76. The van der Waals surface area contributed by atoms with Crippen molar-refractivity contribution >= 4 is 5.65 Å². The number of nitrogens with zero attached hydrogens (tertiary/aromatic N) is 3. The molecule has 4 rings (SSSR count). The zero-order valence-corrected chi connectivity index (χ0v) is 13.4. The lowest BCUT2D eigenvalue weighted by Gasteiger charge is -2.10.